The van der Waals surface area contributed by atoms with Gasteiger partial charge in [-0.05, 0) is 30.4 Å². The molecule has 0 heterocycles. The molecule has 76 valence electrons. The number of carboxylic acid groups (broad SMARTS) is 1. The minimum atomic E-state index is -0.959. The SMILES string of the molecule is CSc1cccc(C[C@H](N)C(=O)O)c1. The van der Waals surface area contributed by atoms with E-state index in [-0.39, 0.29) is 0 Å². The van der Waals surface area contributed by atoms with Crippen molar-refractivity contribution >= 4 is 17.7 Å². The lowest BCUT2D eigenvalue weighted by Gasteiger charge is -2.07. The van der Waals surface area contributed by atoms with Crippen LogP contribution in [0.2, 0.25) is 0 Å². The van der Waals surface area contributed by atoms with E-state index in [9.17, 15) is 4.79 Å². The molecule has 4 heteroatoms. The van der Waals surface area contributed by atoms with Gasteiger partial charge in [-0.1, -0.05) is 12.1 Å². The first-order valence-electron chi connectivity index (χ1n) is 4.25. The number of aliphatic carboxylic acids is 1. The maximum Gasteiger partial charge on any atom is 0.320 e. The maximum atomic E-state index is 10.5. The average Bonchev–Trinajstić information content (AvgIpc) is 2.18. The molecular formula is C10H13NO2S. The van der Waals surface area contributed by atoms with Crippen LogP contribution in [0, 0.1) is 0 Å². The molecule has 3 N–H and O–H groups in total. The Morgan fingerprint density at radius 2 is 2.36 bits per heavy atom. The number of carbonyl (C=O) groups is 1. The van der Waals surface area contributed by atoms with Crippen molar-refractivity contribution in [2.24, 2.45) is 5.73 Å². The van der Waals surface area contributed by atoms with Gasteiger partial charge >= 0.3 is 5.97 Å². The zero-order chi connectivity index (χ0) is 10.6. The van der Waals surface area contributed by atoms with Crippen molar-refractivity contribution in [3.63, 3.8) is 0 Å². The van der Waals surface area contributed by atoms with Gasteiger partial charge < -0.3 is 10.8 Å². The van der Waals surface area contributed by atoms with Crippen LogP contribution in [0.4, 0.5) is 0 Å². The van der Waals surface area contributed by atoms with Crippen molar-refractivity contribution in [3.05, 3.63) is 29.8 Å². The zero-order valence-corrected chi connectivity index (χ0v) is 8.75. The molecule has 0 fully saturated rings. The first-order chi connectivity index (χ1) is 6.63. The van der Waals surface area contributed by atoms with Gasteiger partial charge in [-0.25, -0.2) is 0 Å². The summed E-state index contributed by atoms with van der Waals surface area (Å²) in [6.07, 6.45) is 2.36. The largest absolute Gasteiger partial charge is 0.480 e. The Balaban J connectivity index is 2.71. The highest BCUT2D eigenvalue weighted by atomic mass is 32.2. The summed E-state index contributed by atoms with van der Waals surface area (Å²) in [7, 11) is 0. The van der Waals surface area contributed by atoms with Crippen LogP contribution in [-0.2, 0) is 11.2 Å². The van der Waals surface area contributed by atoms with Crippen LogP contribution in [0.1, 0.15) is 5.56 Å². The highest BCUT2D eigenvalue weighted by molar-refractivity contribution is 7.98. The summed E-state index contributed by atoms with van der Waals surface area (Å²) in [5, 5.41) is 8.64. The van der Waals surface area contributed by atoms with Gasteiger partial charge in [0.15, 0.2) is 0 Å². The third-order valence-electron chi connectivity index (χ3n) is 1.91. The van der Waals surface area contributed by atoms with E-state index in [0.717, 1.165) is 10.5 Å². The molecule has 1 aromatic carbocycles. The first-order valence-corrected chi connectivity index (χ1v) is 5.47. The summed E-state index contributed by atoms with van der Waals surface area (Å²) >= 11 is 1.63. The third kappa shape index (κ3) is 3.05. The molecule has 0 aliphatic carbocycles. The second kappa shape index (κ2) is 5.02. The van der Waals surface area contributed by atoms with Crippen molar-refractivity contribution in [3.8, 4) is 0 Å². The van der Waals surface area contributed by atoms with Crippen LogP contribution in [0.15, 0.2) is 29.2 Å². The molecular weight excluding hydrogens is 198 g/mol. The van der Waals surface area contributed by atoms with Crippen LogP contribution in [0.3, 0.4) is 0 Å². The van der Waals surface area contributed by atoms with E-state index in [0.29, 0.717) is 6.42 Å². The molecule has 0 spiro atoms. The monoisotopic (exact) mass is 211 g/mol. The lowest BCUT2D eigenvalue weighted by molar-refractivity contribution is -0.138. The highest BCUT2D eigenvalue weighted by Gasteiger charge is 2.11. The maximum absolute atomic E-state index is 10.5. The van der Waals surface area contributed by atoms with E-state index in [1.54, 1.807) is 11.8 Å². The Bertz CT molecular complexity index is 328. The van der Waals surface area contributed by atoms with Crippen molar-refractivity contribution in [2.75, 3.05) is 6.26 Å². The first kappa shape index (κ1) is 11.1. The fraction of sp³-hybridized carbons (Fsp3) is 0.300. The Morgan fingerprint density at radius 3 is 2.93 bits per heavy atom. The Morgan fingerprint density at radius 1 is 1.64 bits per heavy atom. The summed E-state index contributed by atoms with van der Waals surface area (Å²) in [5.74, 6) is -0.959. The lowest BCUT2D eigenvalue weighted by atomic mass is 10.1. The number of rotatable bonds is 4. The van der Waals surface area contributed by atoms with Gasteiger partial charge in [-0.15, -0.1) is 11.8 Å². The topological polar surface area (TPSA) is 63.3 Å². The molecule has 1 aromatic rings. The number of hydrogen-bond donors (Lipinski definition) is 2. The number of benzene rings is 1. The summed E-state index contributed by atoms with van der Waals surface area (Å²) in [6, 6.07) is 6.94. The molecule has 0 unspecified atom stereocenters. The molecule has 14 heavy (non-hydrogen) atoms. The summed E-state index contributed by atoms with van der Waals surface area (Å²) in [6.45, 7) is 0. The predicted molar refractivity (Wildman–Crippen MR) is 57.5 cm³/mol. The molecule has 3 nitrogen and oxygen atoms in total. The van der Waals surface area contributed by atoms with E-state index < -0.39 is 12.0 Å². The summed E-state index contributed by atoms with van der Waals surface area (Å²) < 4.78 is 0. The van der Waals surface area contributed by atoms with E-state index in [1.807, 2.05) is 30.5 Å². The number of nitrogens with two attached hydrogens (primary N) is 1. The van der Waals surface area contributed by atoms with Gasteiger partial charge in [0.05, 0.1) is 0 Å². The summed E-state index contributed by atoms with van der Waals surface area (Å²) in [5.41, 5.74) is 6.40. The van der Waals surface area contributed by atoms with Crippen LogP contribution >= 0.6 is 11.8 Å². The van der Waals surface area contributed by atoms with Crippen molar-refractivity contribution in [1.29, 1.82) is 0 Å². The normalized spacial score (nSPS) is 12.4. The smallest absolute Gasteiger partial charge is 0.320 e. The minimum absolute atomic E-state index is 0.379. The van der Waals surface area contributed by atoms with E-state index >= 15 is 0 Å². The molecule has 0 bridgehead atoms. The minimum Gasteiger partial charge on any atom is -0.480 e. The van der Waals surface area contributed by atoms with Crippen LogP contribution in [0.5, 0.6) is 0 Å². The molecule has 1 atom stereocenters. The van der Waals surface area contributed by atoms with Crippen LogP contribution < -0.4 is 5.73 Å². The quantitative estimate of drug-likeness (QED) is 0.738. The predicted octanol–water partition coefficient (Wildman–Crippen LogP) is 1.36. The molecule has 0 saturated heterocycles. The Kier molecular flexibility index (Phi) is 3.98. The molecule has 0 amide bonds. The molecule has 0 aliphatic heterocycles. The third-order valence-corrected chi connectivity index (χ3v) is 2.63. The second-order valence-corrected chi connectivity index (χ2v) is 3.88. The van der Waals surface area contributed by atoms with E-state index in [4.69, 9.17) is 10.8 Å². The van der Waals surface area contributed by atoms with Gasteiger partial charge in [0.2, 0.25) is 0 Å². The second-order valence-electron chi connectivity index (χ2n) is 3.00. The molecule has 1 rings (SSSR count). The summed E-state index contributed by atoms with van der Waals surface area (Å²) in [4.78, 5) is 11.7. The average molecular weight is 211 g/mol. The molecule has 0 aliphatic rings. The van der Waals surface area contributed by atoms with Crippen LogP contribution in [-0.4, -0.2) is 23.4 Å². The van der Waals surface area contributed by atoms with E-state index in [1.165, 1.54) is 0 Å². The van der Waals surface area contributed by atoms with Crippen molar-refractivity contribution < 1.29 is 9.90 Å². The van der Waals surface area contributed by atoms with Crippen molar-refractivity contribution in [1.82, 2.24) is 0 Å². The lowest BCUT2D eigenvalue weighted by Crippen LogP contribution is -2.32. The van der Waals surface area contributed by atoms with E-state index in [2.05, 4.69) is 0 Å². The van der Waals surface area contributed by atoms with Gasteiger partial charge in [-0.2, -0.15) is 0 Å². The van der Waals surface area contributed by atoms with Gasteiger partial charge in [0.25, 0.3) is 0 Å². The zero-order valence-electron chi connectivity index (χ0n) is 7.93. The van der Waals surface area contributed by atoms with Crippen LogP contribution in [0.25, 0.3) is 0 Å². The number of carboxylic acids is 1. The molecule has 0 radical (unpaired) electrons. The number of thioether (sulfide) groups is 1. The Labute approximate surface area is 87.3 Å². The Hall–Kier alpha value is -1.00. The van der Waals surface area contributed by atoms with Crippen molar-refractivity contribution in [2.45, 2.75) is 17.4 Å². The van der Waals surface area contributed by atoms with Gasteiger partial charge in [-0.3, -0.25) is 4.79 Å². The highest BCUT2D eigenvalue weighted by Crippen LogP contribution is 2.16. The fourth-order valence-electron chi connectivity index (χ4n) is 1.14. The molecule has 0 saturated carbocycles. The fourth-order valence-corrected chi connectivity index (χ4v) is 1.62. The van der Waals surface area contributed by atoms with Gasteiger partial charge in [0, 0.05) is 4.90 Å². The number of hydrogen-bond acceptors (Lipinski definition) is 3. The molecule has 0 aromatic heterocycles. The van der Waals surface area contributed by atoms with Gasteiger partial charge in [0.1, 0.15) is 6.04 Å². The standard InChI is InChI=1S/C10H13NO2S/c1-14-8-4-2-3-7(5-8)6-9(11)10(12)13/h2-5,9H,6,11H2,1H3,(H,12,13)/t9-/m0/s1.